The number of morpholine rings is 1. The molecule has 1 aliphatic rings. The number of ether oxygens (including phenoxy) is 1. The molecule has 1 fully saturated rings. The molecule has 1 saturated heterocycles. The van der Waals surface area contributed by atoms with E-state index in [9.17, 15) is 9.59 Å². The van der Waals surface area contributed by atoms with Crippen molar-refractivity contribution >= 4 is 35.0 Å². The number of hydrogen-bond donors (Lipinski definition) is 2. The van der Waals surface area contributed by atoms with Crippen molar-refractivity contribution in [2.45, 2.75) is 25.5 Å². The number of amides is 2. The summed E-state index contributed by atoms with van der Waals surface area (Å²) in [6.45, 7) is 3.33. The number of halogens is 2. The van der Waals surface area contributed by atoms with E-state index in [1.165, 1.54) is 6.26 Å². The number of furan rings is 1. The van der Waals surface area contributed by atoms with Crippen LogP contribution in [0.1, 0.15) is 28.1 Å². The molecule has 2 aromatic rings. The zero-order chi connectivity index (χ0) is 21.5. The molecular weight excluding hydrogens is 429 g/mol. The summed E-state index contributed by atoms with van der Waals surface area (Å²) < 4.78 is 11.1. The number of aryl methyl sites for hydroxylation is 1. The normalized spacial score (nSPS) is 17.0. The van der Waals surface area contributed by atoms with E-state index < -0.39 is 0 Å². The van der Waals surface area contributed by atoms with Crippen LogP contribution in [0, 0.1) is 0 Å². The van der Waals surface area contributed by atoms with Crippen LogP contribution in [0.2, 0.25) is 10.0 Å². The van der Waals surface area contributed by atoms with Crippen molar-refractivity contribution < 1.29 is 18.7 Å². The molecule has 1 aromatic carbocycles. The second kappa shape index (κ2) is 10.8. The first-order valence-electron chi connectivity index (χ1n) is 9.78. The predicted octanol–water partition coefficient (Wildman–Crippen LogP) is 2.90. The lowest BCUT2D eigenvalue weighted by molar-refractivity contribution is -0.122. The van der Waals surface area contributed by atoms with Crippen molar-refractivity contribution in [2.24, 2.45) is 0 Å². The molecule has 3 rings (SSSR count). The average Bonchev–Trinajstić information content (AvgIpc) is 3.22. The first-order valence-corrected chi connectivity index (χ1v) is 10.5. The third kappa shape index (κ3) is 6.47. The molecule has 2 N–H and O–H groups in total. The first kappa shape index (κ1) is 22.6. The Hall–Kier alpha value is -2.06. The molecule has 2 heterocycles. The van der Waals surface area contributed by atoms with Gasteiger partial charge in [0, 0.05) is 46.1 Å². The maximum atomic E-state index is 12.2. The van der Waals surface area contributed by atoms with Gasteiger partial charge >= 0.3 is 0 Å². The summed E-state index contributed by atoms with van der Waals surface area (Å²) in [5.41, 5.74) is 1.54. The van der Waals surface area contributed by atoms with E-state index in [0.717, 1.165) is 18.7 Å². The van der Waals surface area contributed by atoms with Crippen LogP contribution >= 0.6 is 23.2 Å². The van der Waals surface area contributed by atoms with Gasteiger partial charge in [-0.3, -0.25) is 14.5 Å². The van der Waals surface area contributed by atoms with Gasteiger partial charge in [0.25, 0.3) is 5.91 Å². The molecule has 0 aliphatic carbocycles. The Morgan fingerprint density at radius 1 is 1.23 bits per heavy atom. The maximum Gasteiger partial charge on any atom is 0.254 e. The van der Waals surface area contributed by atoms with Crippen molar-refractivity contribution in [3.05, 3.63) is 57.5 Å². The summed E-state index contributed by atoms with van der Waals surface area (Å²) >= 11 is 12.1. The standard InChI is InChI=1S/C21H25Cl2N3O4/c1-24-21(28)15-9-16(30-13-15)3-5-20(27)25-10-17-12-26(6-7-29-17)11-14-2-4-18(22)19(23)8-14/h2,4,8-9,13,17H,3,5-7,10-12H2,1H3,(H,24,28)(H,25,27)/t17-/m0/s1. The number of nitrogens with one attached hydrogen (secondary N) is 2. The van der Waals surface area contributed by atoms with Crippen LogP contribution in [0.5, 0.6) is 0 Å². The topological polar surface area (TPSA) is 83.8 Å². The molecular formula is C21H25Cl2N3O4. The monoisotopic (exact) mass is 453 g/mol. The first-order chi connectivity index (χ1) is 14.4. The number of rotatable bonds is 8. The van der Waals surface area contributed by atoms with Gasteiger partial charge in [0.15, 0.2) is 0 Å². The SMILES string of the molecule is CNC(=O)c1coc(CCC(=O)NC[C@H]2CN(Cc3ccc(Cl)c(Cl)c3)CCO2)c1. The summed E-state index contributed by atoms with van der Waals surface area (Å²) in [6, 6.07) is 7.29. The van der Waals surface area contributed by atoms with Crippen molar-refractivity contribution in [1.29, 1.82) is 0 Å². The van der Waals surface area contributed by atoms with Crippen LogP contribution in [-0.2, 0) is 22.5 Å². The molecule has 30 heavy (non-hydrogen) atoms. The minimum atomic E-state index is -0.214. The molecule has 7 nitrogen and oxygen atoms in total. The summed E-state index contributed by atoms with van der Waals surface area (Å²) in [6.07, 6.45) is 2.02. The number of carbonyl (C=O) groups is 2. The van der Waals surface area contributed by atoms with Gasteiger partial charge < -0.3 is 19.8 Å². The van der Waals surface area contributed by atoms with Gasteiger partial charge in [-0.15, -0.1) is 0 Å². The number of hydrogen-bond acceptors (Lipinski definition) is 5. The summed E-state index contributed by atoms with van der Waals surface area (Å²) in [5, 5.41) is 6.54. The molecule has 1 atom stereocenters. The molecule has 2 amide bonds. The highest BCUT2D eigenvalue weighted by Gasteiger charge is 2.21. The van der Waals surface area contributed by atoms with E-state index in [1.807, 2.05) is 12.1 Å². The fourth-order valence-electron chi connectivity index (χ4n) is 3.27. The molecule has 1 aliphatic heterocycles. The summed E-state index contributed by atoms with van der Waals surface area (Å²) in [5.74, 6) is 0.304. The van der Waals surface area contributed by atoms with Gasteiger partial charge in [0.1, 0.15) is 12.0 Å². The highest BCUT2D eigenvalue weighted by atomic mass is 35.5. The molecule has 0 unspecified atom stereocenters. The molecule has 0 saturated carbocycles. The molecule has 0 radical (unpaired) electrons. The minimum absolute atomic E-state index is 0.0751. The van der Waals surface area contributed by atoms with Gasteiger partial charge in [-0.2, -0.15) is 0 Å². The van der Waals surface area contributed by atoms with Crippen LogP contribution in [0.25, 0.3) is 0 Å². The van der Waals surface area contributed by atoms with Gasteiger partial charge in [0.2, 0.25) is 5.91 Å². The molecule has 1 aromatic heterocycles. The van der Waals surface area contributed by atoms with E-state index in [-0.39, 0.29) is 24.3 Å². The summed E-state index contributed by atoms with van der Waals surface area (Å²) in [4.78, 5) is 26.0. The number of carbonyl (C=O) groups excluding carboxylic acids is 2. The van der Waals surface area contributed by atoms with Crippen LogP contribution in [0.4, 0.5) is 0 Å². The van der Waals surface area contributed by atoms with Gasteiger partial charge in [0.05, 0.1) is 28.3 Å². The molecule has 0 bridgehead atoms. The Kier molecular flexibility index (Phi) is 8.16. The predicted molar refractivity (Wildman–Crippen MR) is 115 cm³/mol. The quantitative estimate of drug-likeness (QED) is 0.641. The third-order valence-electron chi connectivity index (χ3n) is 4.88. The van der Waals surface area contributed by atoms with E-state index in [4.69, 9.17) is 32.4 Å². The molecule has 9 heteroatoms. The van der Waals surface area contributed by atoms with Crippen molar-refractivity contribution in [3.8, 4) is 0 Å². The Morgan fingerprint density at radius 2 is 2.07 bits per heavy atom. The fraction of sp³-hybridized carbons (Fsp3) is 0.429. The third-order valence-corrected chi connectivity index (χ3v) is 5.62. The Bertz CT molecular complexity index is 887. The van der Waals surface area contributed by atoms with Gasteiger partial charge in [-0.25, -0.2) is 0 Å². The zero-order valence-electron chi connectivity index (χ0n) is 16.7. The van der Waals surface area contributed by atoms with Gasteiger partial charge in [-0.05, 0) is 23.8 Å². The fourth-order valence-corrected chi connectivity index (χ4v) is 3.59. The second-order valence-corrected chi connectivity index (χ2v) is 7.98. The van der Waals surface area contributed by atoms with E-state index in [2.05, 4.69) is 15.5 Å². The summed E-state index contributed by atoms with van der Waals surface area (Å²) in [7, 11) is 1.56. The lowest BCUT2D eigenvalue weighted by Crippen LogP contribution is -2.47. The van der Waals surface area contributed by atoms with Crippen LogP contribution in [0.3, 0.4) is 0 Å². The van der Waals surface area contributed by atoms with Crippen LogP contribution < -0.4 is 10.6 Å². The number of nitrogens with zero attached hydrogens (tertiary/aromatic N) is 1. The van der Waals surface area contributed by atoms with E-state index >= 15 is 0 Å². The van der Waals surface area contributed by atoms with Crippen LogP contribution in [-0.4, -0.2) is 56.1 Å². The average molecular weight is 454 g/mol. The highest BCUT2D eigenvalue weighted by Crippen LogP contribution is 2.23. The van der Waals surface area contributed by atoms with Crippen molar-refractivity contribution in [3.63, 3.8) is 0 Å². The lowest BCUT2D eigenvalue weighted by Gasteiger charge is -2.33. The van der Waals surface area contributed by atoms with E-state index in [1.54, 1.807) is 19.2 Å². The zero-order valence-corrected chi connectivity index (χ0v) is 18.3. The Labute approximate surface area is 185 Å². The molecule has 0 spiro atoms. The van der Waals surface area contributed by atoms with Crippen LogP contribution in [0.15, 0.2) is 34.9 Å². The lowest BCUT2D eigenvalue weighted by atomic mass is 10.2. The van der Waals surface area contributed by atoms with Crippen molar-refractivity contribution in [2.75, 3.05) is 33.3 Å². The number of benzene rings is 1. The second-order valence-electron chi connectivity index (χ2n) is 7.16. The largest absolute Gasteiger partial charge is 0.468 e. The Balaban J connectivity index is 1.40. The Morgan fingerprint density at radius 3 is 2.83 bits per heavy atom. The maximum absolute atomic E-state index is 12.2. The van der Waals surface area contributed by atoms with Gasteiger partial charge in [-0.1, -0.05) is 29.3 Å². The molecule has 162 valence electrons. The highest BCUT2D eigenvalue weighted by molar-refractivity contribution is 6.42. The smallest absolute Gasteiger partial charge is 0.254 e. The van der Waals surface area contributed by atoms with E-state index in [0.29, 0.717) is 47.5 Å². The minimum Gasteiger partial charge on any atom is -0.468 e. The van der Waals surface area contributed by atoms with Crippen molar-refractivity contribution in [1.82, 2.24) is 15.5 Å².